The van der Waals surface area contributed by atoms with Crippen LogP contribution in [-0.4, -0.2) is 20.8 Å². The van der Waals surface area contributed by atoms with Gasteiger partial charge in [-0.1, -0.05) is 72.8 Å². The summed E-state index contributed by atoms with van der Waals surface area (Å²) in [6, 6.07) is 26.7. The van der Waals surface area contributed by atoms with Crippen LogP contribution in [0.3, 0.4) is 0 Å². The maximum absolute atomic E-state index is 12.6. The Labute approximate surface area is 167 Å². The number of para-hydroxylation sites is 2. The number of benzene rings is 3. The van der Waals surface area contributed by atoms with Gasteiger partial charge < -0.3 is 0 Å². The maximum atomic E-state index is 12.6. The third-order valence-corrected chi connectivity index (χ3v) is 4.74. The Kier molecular flexibility index (Phi) is 5.07. The van der Waals surface area contributed by atoms with Gasteiger partial charge in [0.15, 0.2) is 0 Å². The number of hydrogen-bond acceptors (Lipinski definition) is 3. The number of rotatable bonds is 5. The standard InChI is InChI=1S/C23H20N4O2/c1-26-19-14-8-9-15-20(19)27(23(26)29)16-21(28)24-25-22(17-10-4-2-5-11-17)18-12-6-3-7-13-18/h2-15H,16H2,1H3,(H,24,28). The van der Waals surface area contributed by atoms with Gasteiger partial charge in [-0.15, -0.1) is 0 Å². The molecule has 6 heteroatoms. The lowest BCUT2D eigenvalue weighted by molar-refractivity contribution is -0.121. The highest BCUT2D eigenvalue weighted by atomic mass is 16.2. The summed E-state index contributed by atoms with van der Waals surface area (Å²) in [5.74, 6) is -0.368. The van der Waals surface area contributed by atoms with Crippen LogP contribution in [0.5, 0.6) is 0 Å². The molecular weight excluding hydrogens is 364 g/mol. The normalized spacial score (nSPS) is 10.7. The highest BCUT2D eigenvalue weighted by molar-refractivity contribution is 6.13. The Morgan fingerprint density at radius 2 is 1.34 bits per heavy atom. The number of aryl methyl sites for hydroxylation is 1. The van der Waals surface area contributed by atoms with Gasteiger partial charge >= 0.3 is 5.69 Å². The molecule has 0 saturated heterocycles. The van der Waals surface area contributed by atoms with Gasteiger partial charge in [0.05, 0.1) is 16.7 Å². The van der Waals surface area contributed by atoms with E-state index >= 15 is 0 Å². The molecule has 4 rings (SSSR count). The molecule has 0 radical (unpaired) electrons. The quantitative estimate of drug-likeness (QED) is 0.425. The van der Waals surface area contributed by atoms with Crippen LogP contribution in [0, 0.1) is 0 Å². The first-order chi connectivity index (χ1) is 14.1. The van der Waals surface area contributed by atoms with Gasteiger partial charge in [0.2, 0.25) is 0 Å². The Morgan fingerprint density at radius 1 is 0.828 bits per heavy atom. The van der Waals surface area contributed by atoms with Crippen LogP contribution < -0.4 is 11.1 Å². The van der Waals surface area contributed by atoms with Gasteiger partial charge in [0, 0.05) is 18.2 Å². The minimum absolute atomic E-state index is 0.111. The first kappa shape index (κ1) is 18.4. The van der Waals surface area contributed by atoms with Crippen molar-refractivity contribution in [3.63, 3.8) is 0 Å². The summed E-state index contributed by atoms with van der Waals surface area (Å²) in [4.78, 5) is 25.1. The second-order valence-corrected chi connectivity index (χ2v) is 6.64. The molecule has 144 valence electrons. The molecule has 1 aromatic heterocycles. The van der Waals surface area contributed by atoms with Crippen LogP contribution in [0.2, 0.25) is 0 Å². The molecule has 1 N–H and O–H groups in total. The van der Waals surface area contributed by atoms with Crippen LogP contribution in [0.15, 0.2) is 94.8 Å². The van der Waals surface area contributed by atoms with Crippen LogP contribution >= 0.6 is 0 Å². The molecule has 0 fully saturated rings. The smallest absolute Gasteiger partial charge is 0.295 e. The lowest BCUT2D eigenvalue weighted by atomic mass is 10.0. The van der Waals surface area contributed by atoms with Crippen molar-refractivity contribution in [2.24, 2.45) is 12.1 Å². The summed E-state index contributed by atoms with van der Waals surface area (Å²) in [5.41, 5.74) is 6.30. The zero-order valence-electron chi connectivity index (χ0n) is 15.9. The third-order valence-electron chi connectivity index (χ3n) is 4.74. The predicted molar refractivity (Wildman–Crippen MR) is 114 cm³/mol. The first-order valence-corrected chi connectivity index (χ1v) is 9.27. The highest BCUT2D eigenvalue weighted by Crippen LogP contribution is 2.12. The number of imidazole rings is 1. The van der Waals surface area contributed by atoms with Crippen molar-refractivity contribution < 1.29 is 4.79 Å². The largest absolute Gasteiger partial charge is 0.329 e. The van der Waals surface area contributed by atoms with E-state index in [9.17, 15) is 9.59 Å². The fourth-order valence-electron chi connectivity index (χ4n) is 3.30. The van der Waals surface area contributed by atoms with E-state index in [1.807, 2.05) is 84.9 Å². The summed E-state index contributed by atoms with van der Waals surface area (Å²) in [6.45, 7) is -0.111. The SMILES string of the molecule is Cn1c(=O)n(CC(=O)NN=C(c2ccccc2)c2ccccc2)c2ccccc21. The molecule has 6 nitrogen and oxygen atoms in total. The average Bonchev–Trinajstić information content (AvgIpc) is 3.00. The number of amides is 1. The Morgan fingerprint density at radius 3 is 1.93 bits per heavy atom. The molecule has 0 aliphatic rings. The van der Waals surface area contributed by atoms with E-state index < -0.39 is 0 Å². The van der Waals surface area contributed by atoms with Crippen LogP contribution in [0.4, 0.5) is 0 Å². The summed E-state index contributed by atoms with van der Waals surface area (Å²) in [7, 11) is 1.69. The molecule has 0 unspecified atom stereocenters. The highest BCUT2D eigenvalue weighted by Gasteiger charge is 2.13. The van der Waals surface area contributed by atoms with E-state index in [1.54, 1.807) is 7.05 Å². The minimum Gasteiger partial charge on any atom is -0.295 e. The van der Waals surface area contributed by atoms with Gasteiger partial charge in [-0.3, -0.25) is 13.9 Å². The molecule has 29 heavy (non-hydrogen) atoms. The lowest BCUT2D eigenvalue weighted by Crippen LogP contribution is -2.31. The van der Waals surface area contributed by atoms with Crippen molar-refractivity contribution in [3.05, 3.63) is 107 Å². The van der Waals surface area contributed by atoms with Crippen molar-refractivity contribution in [1.82, 2.24) is 14.6 Å². The van der Waals surface area contributed by atoms with Crippen LogP contribution in [0.25, 0.3) is 11.0 Å². The number of aromatic nitrogens is 2. The fraction of sp³-hybridized carbons (Fsp3) is 0.0870. The summed E-state index contributed by atoms with van der Waals surface area (Å²) >= 11 is 0. The molecule has 1 heterocycles. The summed E-state index contributed by atoms with van der Waals surface area (Å²) in [5, 5.41) is 4.37. The number of carbonyl (C=O) groups excluding carboxylic acids is 1. The van der Waals surface area contributed by atoms with Crippen molar-refractivity contribution in [3.8, 4) is 0 Å². The second kappa shape index (κ2) is 7.98. The maximum Gasteiger partial charge on any atom is 0.329 e. The van der Waals surface area contributed by atoms with E-state index in [0.717, 1.165) is 16.6 Å². The summed E-state index contributed by atoms with van der Waals surface area (Å²) in [6.07, 6.45) is 0. The van der Waals surface area contributed by atoms with Crippen molar-refractivity contribution in [1.29, 1.82) is 0 Å². The number of hydrogen-bond donors (Lipinski definition) is 1. The zero-order chi connectivity index (χ0) is 20.2. The van der Waals surface area contributed by atoms with Gasteiger partial charge in [-0.05, 0) is 12.1 Å². The van der Waals surface area contributed by atoms with Crippen LogP contribution in [-0.2, 0) is 18.4 Å². The van der Waals surface area contributed by atoms with Crippen molar-refractivity contribution >= 4 is 22.7 Å². The van der Waals surface area contributed by atoms with Gasteiger partial charge in [0.1, 0.15) is 6.54 Å². The number of fused-ring (bicyclic) bond motifs is 1. The number of hydrazone groups is 1. The molecule has 1 amide bonds. The van der Waals surface area contributed by atoms with E-state index in [0.29, 0.717) is 11.2 Å². The Bertz CT molecular complexity index is 1200. The molecule has 0 bridgehead atoms. The fourth-order valence-corrected chi connectivity index (χ4v) is 3.30. The molecule has 0 aliphatic heterocycles. The predicted octanol–water partition coefficient (Wildman–Crippen LogP) is 2.91. The molecule has 0 saturated carbocycles. The second-order valence-electron chi connectivity index (χ2n) is 6.64. The third kappa shape index (κ3) is 3.73. The monoisotopic (exact) mass is 384 g/mol. The van der Waals surface area contributed by atoms with Crippen molar-refractivity contribution in [2.45, 2.75) is 6.54 Å². The molecular formula is C23H20N4O2. The van der Waals surface area contributed by atoms with Gasteiger partial charge in [-0.2, -0.15) is 5.10 Å². The molecule has 0 aliphatic carbocycles. The molecule has 0 atom stereocenters. The first-order valence-electron chi connectivity index (χ1n) is 9.27. The summed E-state index contributed by atoms with van der Waals surface area (Å²) < 4.78 is 2.98. The average molecular weight is 384 g/mol. The van der Waals surface area contributed by atoms with Gasteiger partial charge in [0.25, 0.3) is 5.91 Å². The van der Waals surface area contributed by atoms with E-state index in [1.165, 1.54) is 9.13 Å². The number of nitrogens with zero attached hydrogens (tertiary/aromatic N) is 3. The van der Waals surface area contributed by atoms with E-state index in [4.69, 9.17) is 0 Å². The van der Waals surface area contributed by atoms with Gasteiger partial charge in [-0.25, -0.2) is 10.2 Å². The Balaban J connectivity index is 1.63. The lowest BCUT2D eigenvalue weighted by Gasteiger charge is -2.08. The number of carbonyl (C=O) groups is 1. The van der Waals surface area contributed by atoms with Crippen molar-refractivity contribution in [2.75, 3.05) is 0 Å². The molecule has 0 spiro atoms. The molecule has 4 aromatic rings. The number of nitrogens with one attached hydrogen (secondary N) is 1. The Hall–Kier alpha value is -3.93. The topological polar surface area (TPSA) is 68.4 Å². The zero-order valence-corrected chi connectivity index (χ0v) is 15.9. The minimum atomic E-state index is -0.368. The molecule has 3 aromatic carbocycles. The van der Waals surface area contributed by atoms with Crippen LogP contribution in [0.1, 0.15) is 11.1 Å². The van der Waals surface area contributed by atoms with E-state index in [2.05, 4.69) is 10.5 Å². The van der Waals surface area contributed by atoms with E-state index in [-0.39, 0.29) is 18.1 Å².